The quantitative estimate of drug-likeness (QED) is 0.315. The number of Topliss-reactive ketones (excluding diaryl/α,β-unsaturated/α-hetero) is 1. The van der Waals surface area contributed by atoms with Gasteiger partial charge in [-0.2, -0.15) is 0 Å². The van der Waals surface area contributed by atoms with E-state index in [1.54, 1.807) is 6.92 Å². The van der Waals surface area contributed by atoms with Crippen molar-refractivity contribution >= 4 is 5.78 Å². The first-order valence-electron chi connectivity index (χ1n) is 7.58. The molecule has 0 fully saturated rings. The molecule has 110 valence electrons. The number of carbonyl (C=O) groups is 1. The van der Waals surface area contributed by atoms with E-state index in [0.717, 1.165) is 30.8 Å². The van der Waals surface area contributed by atoms with E-state index in [1.807, 2.05) is 30.3 Å². The van der Waals surface area contributed by atoms with Crippen LogP contribution in [0.15, 0.2) is 36.9 Å². The van der Waals surface area contributed by atoms with Gasteiger partial charge in [0.1, 0.15) is 5.75 Å². The van der Waals surface area contributed by atoms with E-state index in [4.69, 9.17) is 4.74 Å². The Morgan fingerprint density at radius 3 is 2.25 bits per heavy atom. The van der Waals surface area contributed by atoms with Crippen molar-refractivity contribution in [3.8, 4) is 5.75 Å². The van der Waals surface area contributed by atoms with Crippen molar-refractivity contribution in [2.75, 3.05) is 6.61 Å². The summed E-state index contributed by atoms with van der Waals surface area (Å²) in [5.74, 6) is 0.939. The monoisotopic (exact) mass is 274 g/mol. The van der Waals surface area contributed by atoms with Gasteiger partial charge in [-0.3, -0.25) is 4.79 Å². The fourth-order valence-electron chi connectivity index (χ4n) is 2.07. The van der Waals surface area contributed by atoms with Crippen LogP contribution in [0, 0.1) is 0 Å². The molecule has 0 spiro atoms. The molecule has 0 aliphatic heterocycles. The van der Waals surface area contributed by atoms with E-state index in [-0.39, 0.29) is 5.78 Å². The Morgan fingerprint density at radius 2 is 1.65 bits per heavy atom. The maximum atomic E-state index is 11.1. The molecule has 0 aromatic heterocycles. The second-order valence-corrected chi connectivity index (χ2v) is 5.13. The van der Waals surface area contributed by atoms with Gasteiger partial charge in [0.2, 0.25) is 0 Å². The molecule has 0 atom stereocenters. The second-order valence-electron chi connectivity index (χ2n) is 5.13. The first kappa shape index (κ1) is 16.5. The number of rotatable bonds is 11. The van der Waals surface area contributed by atoms with E-state index in [1.165, 1.54) is 32.1 Å². The standard InChI is InChI=1S/C18H26O2/c1-3-4-5-6-7-8-9-10-15-20-18-13-11-17(12-14-18)16(2)19/h3,11-14H,1,4-10,15H2,2H3. The van der Waals surface area contributed by atoms with Gasteiger partial charge >= 0.3 is 0 Å². The van der Waals surface area contributed by atoms with Crippen LogP contribution in [0.2, 0.25) is 0 Å². The molecule has 2 heteroatoms. The van der Waals surface area contributed by atoms with Gasteiger partial charge < -0.3 is 4.74 Å². The Labute approximate surface area is 122 Å². The van der Waals surface area contributed by atoms with E-state index in [9.17, 15) is 4.79 Å². The van der Waals surface area contributed by atoms with Gasteiger partial charge in [-0.25, -0.2) is 0 Å². The molecule has 1 aromatic rings. The van der Waals surface area contributed by atoms with Gasteiger partial charge in [-0.05, 0) is 50.5 Å². The maximum Gasteiger partial charge on any atom is 0.159 e. The fraction of sp³-hybridized carbons (Fsp3) is 0.500. The van der Waals surface area contributed by atoms with Crippen molar-refractivity contribution in [1.82, 2.24) is 0 Å². The molecule has 20 heavy (non-hydrogen) atoms. The normalized spacial score (nSPS) is 10.2. The molecule has 1 aromatic carbocycles. The van der Waals surface area contributed by atoms with Crippen LogP contribution in [-0.2, 0) is 0 Å². The van der Waals surface area contributed by atoms with Gasteiger partial charge in [0.15, 0.2) is 5.78 Å². The van der Waals surface area contributed by atoms with Crippen molar-refractivity contribution in [3.63, 3.8) is 0 Å². The zero-order valence-corrected chi connectivity index (χ0v) is 12.6. The molecule has 0 radical (unpaired) electrons. The number of benzene rings is 1. The number of carbonyl (C=O) groups excluding carboxylic acids is 1. The van der Waals surface area contributed by atoms with Crippen LogP contribution in [0.25, 0.3) is 0 Å². The smallest absolute Gasteiger partial charge is 0.159 e. The molecular formula is C18H26O2. The first-order valence-corrected chi connectivity index (χ1v) is 7.58. The van der Waals surface area contributed by atoms with Gasteiger partial charge in [-0.15, -0.1) is 6.58 Å². The summed E-state index contributed by atoms with van der Waals surface area (Å²) in [4.78, 5) is 11.1. The summed E-state index contributed by atoms with van der Waals surface area (Å²) in [7, 11) is 0. The predicted molar refractivity (Wildman–Crippen MR) is 84.5 cm³/mol. The highest BCUT2D eigenvalue weighted by Gasteiger charge is 1.99. The Hall–Kier alpha value is -1.57. The number of hydrogen-bond donors (Lipinski definition) is 0. The van der Waals surface area contributed by atoms with Crippen molar-refractivity contribution in [3.05, 3.63) is 42.5 Å². The number of hydrogen-bond acceptors (Lipinski definition) is 2. The number of allylic oxidation sites excluding steroid dienone is 1. The zero-order valence-electron chi connectivity index (χ0n) is 12.6. The lowest BCUT2D eigenvalue weighted by Gasteiger charge is -2.06. The molecule has 2 nitrogen and oxygen atoms in total. The fourth-order valence-corrected chi connectivity index (χ4v) is 2.07. The van der Waals surface area contributed by atoms with Crippen molar-refractivity contribution in [2.24, 2.45) is 0 Å². The third-order valence-electron chi connectivity index (χ3n) is 3.33. The Kier molecular flexibility index (Phi) is 8.44. The number of ketones is 1. The molecular weight excluding hydrogens is 248 g/mol. The Balaban J connectivity index is 2.03. The lowest BCUT2D eigenvalue weighted by Crippen LogP contribution is -1.98. The molecule has 0 saturated carbocycles. The summed E-state index contributed by atoms with van der Waals surface area (Å²) < 4.78 is 5.66. The van der Waals surface area contributed by atoms with Gasteiger partial charge in [0.05, 0.1) is 6.61 Å². The van der Waals surface area contributed by atoms with E-state index < -0.39 is 0 Å². The lowest BCUT2D eigenvalue weighted by atomic mass is 10.1. The second kappa shape index (κ2) is 10.2. The summed E-state index contributed by atoms with van der Waals surface area (Å²) in [6.45, 7) is 6.06. The average molecular weight is 274 g/mol. The van der Waals surface area contributed by atoms with E-state index >= 15 is 0 Å². The van der Waals surface area contributed by atoms with Crippen molar-refractivity contribution in [2.45, 2.75) is 51.9 Å². The molecule has 1 rings (SSSR count). The van der Waals surface area contributed by atoms with Gasteiger partial charge in [0, 0.05) is 5.56 Å². The Bertz CT molecular complexity index is 392. The summed E-state index contributed by atoms with van der Waals surface area (Å²) in [6, 6.07) is 7.37. The van der Waals surface area contributed by atoms with Gasteiger partial charge in [0.25, 0.3) is 0 Å². The molecule has 0 amide bonds. The average Bonchev–Trinajstić information content (AvgIpc) is 2.46. The van der Waals surface area contributed by atoms with Crippen LogP contribution < -0.4 is 4.74 Å². The van der Waals surface area contributed by atoms with Crippen LogP contribution in [0.1, 0.15) is 62.2 Å². The molecule has 0 N–H and O–H groups in total. The molecule has 0 aliphatic rings. The van der Waals surface area contributed by atoms with Crippen LogP contribution in [0.3, 0.4) is 0 Å². The van der Waals surface area contributed by atoms with Crippen LogP contribution >= 0.6 is 0 Å². The number of unbranched alkanes of at least 4 members (excludes halogenated alkanes) is 6. The van der Waals surface area contributed by atoms with Crippen molar-refractivity contribution < 1.29 is 9.53 Å². The number of ether oxygens (including phenoxy) is 1. The maximum absolute atomic E-state index is 11.1. The summed E-state index contributed by atoms with van der Waals surface area (Å²) in [6.07, 6.45) is 10.6. The van der Waals surface area contributed by atoms with Crippen molar-refractivity contribution in [1.29, 1.82) is 0 Å². The van der Waals surface area contributed by atoms with E-state index in [2.05, 4.69) is 6.58 Å². The highest BCUT2D eigenvalue weighted by molar-refractivity contribution is 5.94. The van der Waals surface area contributed by atoms with Gasteiger partial charge in [-0.1, -0.05) is 31.8 Å². The predicted octanol–water partition coefficient (Wildman–Crippen LogP) is 5.18. The molecule has 0 saturated heterocycles. The highest BCUT2D eigenvalue weighted by Crippen LogP contribution is 2.13. The zero-order chi connectivity index (χ0) is 14.6. The first-order chi connectivity index (χ1) is 9.74. The summed E-state index contributed by atoms with van der Waals surface area (Å²) >= 11 is 0. The minimum absolute atomic E-state index is 0.0907. The third kappa shape index (κ3) is 7.13. The van der Waals surface area contributed by atoms with E-state index in [0.29, 0.717) is 0 Å². The molecule has 0 aliphatic carbocycles. The lowest BCUT2D eigenvalue weighted by molar-refractivity contribution is 0.101. The van der Waals surface area contributed by atoms with Crippen LogP contribution in [-0.4, -0.2) is 12.4 Å². The SMILES string of the molecule is C=CCCCCCCCCOc1ccc(C(C)=O)cc1. The molecule has 0 unspecified atom stereocenters. The minimum Gasteiger partial charge on any atom is -0.494 e. The third-order valence-corrected chi connectivity index (χ3v) is 3.33. The van der Waals surface area contributed by atoms with Crippen LogP contribution in [0.4, 0.5) is 0 Å². The molecule has 0 bridgehead atoms. The minimum atomic E-state index is 0.0907. The van der Waals surface area contributed by atoms with Crippen LogP contribution in [0.5, 0.6) is 5.75 Å². The molecule has 0 heterocycles. The topological polar surface area (TPSA) is 26.3 Å². The Morgan fingerprint density at radius 1 is 1.05 bits per heavy atom. The largest absolute Gasteiger partial charge is 0.494 e. The summed E-state index contributed by atoms with van der Waals surface area (Å²) in [5.41, 5.74) is 0.733. The highest BCUT2D eigenvalue weighted by atomic mass is 16.5. The summed E-state index contributed by atoms with van der Waals surface area (Å²) in [5, 5.41) is 0.